The highest BCUT2D eigenvalue weighted by atomic mass is 16.6. The summed E-state index contributed by atoms with van der Waals surface area (Å²) in [7, 11) is 0. The predicted molar refractivity (Wildman–Crippen MR) is 108 cm³/mol. The zero-order chi connectivity index (χ0) is 23.8. The number of carbonyl (C=O) groups is 4. The molecular formula is C20H28N2O9. The largest absolute Gasteiger partial charge is 0.478 e. The fourth-order valence-electron chi connectivity index (χ4n) is 2.08. The third-order valence-electron chi connectivity index (χ3n) is 3.02. The van der Waals surface area contributed by atoms with Gasteiger partial charge in [0.1, 0.15) is 11.2 Å². The molecule has 0 unspecified atom stereocenters. The van der Waals surface area contributed by atoms with Gasteiger partial charge in [-0.05, 0) is 59.7 Å². The fourth-order valence-corrected chi connectivity index (χ4v) is 2.08. The average molecular weight is 440 g/mol. The molecule has 1 aromatic carbocycles. The number of nitrogens with one attached hydrogen (secondary N) is 2. The summed E-state index contributed by atoms with van der Waals surface area (Å²) in [5.74, 6) is -2.02. The quantitative estimate of drug-likeness (QED) is 0.427. The molecular weight excluding hydrogens is 412 g/mol. The number of rotatable bonds is 7. The minimum Gasteiger partial charge on any atom is -0.478 e. The van der Waals surface area contributed by atoms with Crippen molar-refractivity contribution in [2.24, 2.45) is 0 Å². The van der Waals surface area contributed by atoms with Crippen molar-refractivity contribution in [1.82, 2.24) is 10.9 Å². The van der Waals surface area contributed by atoms with E-state index in [1.165, 1.54) is 18.2 Å². The number of hydrazine groups is 1. The lowest BCUT2D eigenvalue weighted by molar-refractivity contribution is -0.158. The molecule has 0 atom stereocenters. The van der Waals surface area contributed by atoms with Crippen LogP contribution in [0.1, 0.15) is 51.9 Å². The zero-order valence-corrected chi connectivity index (χ0v) is 18.4. The van der Waals surface area contributed by atoms with Gasteiger partial charge in [0, 0.05) is 5.56 Å². The second kappa shape index (κ2) is 10.5. The Kier molecular flexibility index (Phi) is 8.65. The molecule has 1 rings (SSSR count). The van der Waals surface area contributed by atoms with Gasteiger partial charge in [0.2, 0.25) is 0 Å². The van der Waals surface area contributed by atoms with Crippen molar-refractivity contribution >= 4 is 23.9 Å². The molecule has 11 nitrogen and oxygen atoms in total. The van der Waals surface area contributed by atoms with Gasteiger partial charge < -0.3 is 24.1 Å². The number of ether oxygens (including phenoxy) is 4. The lowest BCUT2D eigenvalue weighted by Gasteiger charge is -2.21. The first kappa shape index (κ1) is 25.5. The van der Waals surface area contributed by atoms with Crippen LogP contribution in [0.2, 0.25) is 0 Å². The Labute approximate surface area is 180 Å². The van der Waals surface area contributed by atoms with E-state index in [-0.39, 0.29) is 17.1 Å². The molecule has 0 spiro atoms. The first-order valence-corrected chi connectivity index (χ1v) is 9.29. The molecule has 0 heterocycles. The van der Waals surface area contributed by atoms with E-state index in [2.05, 4.69) is 0 Å². The average Bonchev–Trinajstić information content (AvgIpc) is 2.60. The van der Waals surface area contributed by atoms with Crippen LogP contribution in [0.4, 0.5) is 4.79 Å². The summed E-state index contributed by atoms with van der Waals surface area (Å²) in [6.07, 6.45) is -1.45. The molecule has 0 saturated carbocycles. The van der Waals surface area contributed by atoms with Gasteiger partial charge in [0.25, 0.3) is 5.91 Å². The van der Waals surface area contributed by atoms with Gasteiger partial charge in [-0.25, -0.2) is 19.8 Å². The molecule has 0 aliphatic heterocycles. The number of amides is 2. The number of carboxylic acid groups (broad SMARTS) is 1. The molecule has 0 aliphatic rings. The Balaban J connectivity index is 2.98. The first-order valence-electron chi connectivity index (χ1n) is 9.29. The lowest BCUT2D eigenvalue weighted by Crippen LogP contribution is -2.40. The predicted octanol–water partition coefficient (Wildman–Crippen LogP) is 2.04. The highest BCUT2D eigenvalue weighted by Gasteiger charge is 2.20. The SMILES string of the molecule is CC(C)(C)OC(=O)COc1ccc(C(=O)NNC(=O)O)cc1OCC(=O)OC(C)(C)C. The third-order valence-corrected chi connectivity index (χ3v) is 3.02. The van der Waals surface area contributed by atoms with E-state index < -0.39 is 48.4 Å². The minimum atomic E-state index is -1.45. The number of esters is 2. The Bertz CT molecular complexity index is 823. The number of hydrogen-bond donors (Lipinski definition) is 3. The van der Waals surface area contributed by atoms with Crippen molar-refractivity contribution in [2.75, 3.05) is 13.2 Å². The Morgan fingerprint density at radius 2 is 1.29 bits per heavy atom. The first-order chi connectivity index (χ1) is 14.2. The monoisotopic (exact) mass is 440 g/mol. The van der Waals surface area contributed by atoms with Crippen molar-refractivity contribution in [3.8, 4) is 11.5 Å². The van der Waals surface area contributed by atoms with E-state index in [1.54, 1.807) is 47.0 Å². The number of hydrogen-bond acceptors (Lipinski definition) is 8. The maximum atomic E-state index is 12.1. The Morgan fingerprint density at radius 3 is 1.74 bits per heavy atom. The highest BCUT2D eigenvalue weighted by molar-refractivity contribution is 5.95. The normalized spacial score (nSPS) is 11.2. The van der Waals surface area contributed by atoms with Gasteiger partial charge in [-0.1, -0.05) is 0 Å². The zero-order valence-electron chi connectivity index (χ0n) is 18.4. The fraction of sp³-hybridized carbons (Fsp3) is 0.500. The van der Waals surface area contributed by atoms with Crippen LogP contribution in [0.15, 0.2) is 18.2 Å². The van der Waals surface area contributed by atoms with Crippen molar-refractivity contribution in [3.05, 3.63) is 23.8 Å². The van der Waals surface area contributed by atoms with Gasteiger partial charge in [-0.2, -0.15) is 0 Å². The van der Waals surface area contributed by atoms with Crippen molar-refractivity contribution in [1.29, 1.82) is 0 Å². The second-order valence-electron chi connectivity index (χ2n) is 8.30. The maximum absolute atomic E-state index is 12.1. The van der Waals surface area contributed by atoms with E-state index >= 15 is 0 Å². The molecule has 3 N–H and O–H groups in total. The van der Waals surface area contributed by atoms with Crippen LogP contribution in [0.3, 0.4) is 0 Å². The molecule has 0 saturated heterocycles. The van der Waals surface area contributed by atoms with E-state index in [9.17, 15) is 19.2 Å². The summed E-state index contributed by atoms with van der Waals surface area (Å²) in [5, 5.41) is 8.58. The standard InChI is InChI=1S/C20H28N2O9/c1-19(2,3)30-15(23)10-28-13-8-7-12(17(25)21-22-18(26)27)9-14(13)29-11-16(24)31-20(4,5)6/h7-9,22H,10-11H2,1-6H3,(H,21,25)(H,26,27). The molecule has 172 valence electrons. The molecule has 0 aliphatic carbocycles. The minimum absolute atomic E-state index is 0.0116. The van der Waals surface area contributed by atoms with Crippen LogP contribution >= 0.6 is 0 Å². The van der Waals surface area contributed by atoms with Crippen molar-refractivity contribution in [3.63, 3.8) is 0 Å². The summed E-state index contributed by atoms with van der Waals surface area (Å²) >= 11 is 0. The number of benzene rings is 1. The Morgan fingerprint density at radius 1 is 0.806 bits per heavy atom. The topological polar surface area (TPSA) is 149 Å². The summed E-state index contributed by atoms with van der Waals surface area (Å²) in [5.41, 5.74) is 2.28. The summed E-state index contributed by atoms with van der Waals surface area (Å²) in [6.45, 7) is 9.28. The van der Waals surface area contributed by atoms with Crippen LogP contribution in [0, 0.1) is 0 Å². The smallest absolute Gasteiger partial charge is 0.423 e. The van der Waals surface area contributed by atoms with E-state index in [4.69, 9.17) is 24.1 Å². The lowest BCUT2D eigenvalue weighted by atomic mass is 10.2. The van der Waals surface area contributed by atoms with E-state index in [0.29, 0.717) is 0 Å². The van der Waals surface area contributed by atoms with Gasteiger partial charge in [0.15, 0.2) is 24.7 Å². The molecule has 1 aromatic rings. The maximum Gasteiger partial charge on any atom is 0.423 e. The van der Waals surface area contributed by atoms with Crippen LogP contribution in [0.5, 0.6) is 11.5 Å². The second-order valence-corrected chi connectivity index (χ2v) is 8.30. The molecule has 0 radical (unpaired) electrons. The summed E-state index contributed by atoms with van der Waals surface area (Å²) in [6, 6.07) is 3.89. The van der Waals surface area contributed by atoms with Crippen molar-refractivity contribution < 1.29 is 43.2 Å². The summed E-state index contributed by atoms with van der Waals surface area (Å²) in [4.78, 5) is 46.4. The van der Waals surface area contributed by atoms with Gasteiger partial charge >= 0.3 is 18.0 Å². The molecule has 31 heavy (non-hydrogen) atoms. The van der Waals surface area contributed by atoms with E-state index in [0.717, 1.165) is 0 Å². The van der Waals surface area contributed by atoms with Gasteiger partial charge in [-0.15, -0.1) is 0 Å². The Hall–Kier alpha value is -3.50. The summed E-state index contributed by atoms with van der Waals surface area (Å²) < 4.78 is 21.2. The molecule has 0 aromatic heterocycles. The van der Waals surface area contributed by atoms with Crippen LogP contribution in [-0.4, -0.2) is 53.5 Å². The third kappa shape index (κ3) is 10.7. The highest BCUT2D eigenvalue weighted by Crippen LogP contribution is 2.29. The molecule has 0 fully saturated rings. The molecule has 11 heteroatoms. The van der Waals surface area contributed by atoms with Crippen LogP contribution in [-0.2, 0) is 19.1 Å². The van der Waals surface area contributed by atoms with Crippen LogP contribution in [0.25, 0.3) is 0 Å². The number of carbonyl (C=O) groups excluding carboxylic acids is 3. The van der Waals surface area contributed by atoms with Gasteiger partial charge in [0.05, 0.1) is 0 Å². The van der Waals surface area contributed by atoms with E-state index in [1.807, 2.05) is 5.43 Å². The molecule has 0 bridgehead atoms. The van der Waals surface area contributed by atoms with Crippen LogP contribution < -0.4 is 20.3 Å². The van der Waals surface area contributed by atoms with Crippen molar-refractivity contribution in [2.45, 2.75) is 52.7 Å². The van der Waals surface area contributed by atoms with Gasteiger partial charge in [-0.3, -0.25) is 10.2 Å². The molecule has 2 amide bonds.